The standard InChI is InChI=1S/C9H16O3/c1-6(5-8(10)11)9(12)7-3-2-4-7/h6-7,9,12H,2-5H2,1H3,(H,10,11). The Morgan fingerprint density at radius 3 is 2.50 bits per heavy atom. The van der Waals surface area contributed by atoms with Gasteiger partial charge in [-0.3, -0.25) is 4.79 Å². The molecule has 3 heteroatoms. The minimum Gasteiger partial charge on any atom is -0.481 e. The van der Waals surface area contributed by atoms with Crippen molar-refractivity contribution in [3.8, 4) is 0 Å². The molecule has 12 heavy (non-hydrogen) atoms. The van der Waals surface area contributed by atoms with E-state index in [1.54, 1.807) is 6.92 Å². The first-order chi connectivity index (χ1) is 5.61. The minimum atomic E-state index is -0.819. The molecule has 0 aromatic heterocycles. The third kappa shape index (κ3) is 2.21. The number of carboxylic acids is 1. The monoisotopic (exact) mass is 172 g/mol. The fourth-order valence-electron chi connectivity index (χ4n) is 1.64. The zero-order valence-electron chi connectivity index (χ0n) is 7.36. The van der Waals surface area contributed by atoms with Gasteiger partial charge in [0.15, 0.2) is 0 Å². The number of aliphatic hydroxyl groups is 1. The van der Waals surface area contributed by atoms with E-state index >= 15 is 0 Å². The molecule has 70 valence electrons. The summed E-state index contributed by atoms with van der Waals surface area (Å²) in [6, 6.07) is 0. The van der Waals surface area contributed by atoms with Gasteiger partial charge >= 0.3 is 5.97 Å². The molecule has 0 aromatic rings. The lowest BCUT2D eigenvalue weighted by atomic mass is 9.76. The first-order valence-corrected chi connectivity index (χ1v) is 4.51. The first-order valence-electron chi connectivity index (χ1n) is 4.51. The van der Waals surface area contributed by atoms with E-state index in [9.17, 15) is 9.90 Å². The summed E-state index contributed by atoms with van der Waals surface area (Å²) in [7, 11) is 0. The molecule has 2 unspecified atom stereocenters. The van der Waals surface area contributed by atoms with Gasteiger partial charge in [-0.05, 0) is 24.7 Å². The lowest BCUT2D eigenvalue weighted by molar-refractivity contribution is -0.139. The van der Waals surface area contributed by atoms with Crippen LogP contribution in [0.3, 0.4) is 0 Å². The SMILES string of the molecule is CC(CC(=O)O)C(O)C1CCC1. The zero-order valence-corrected chi connectivity index (χ0v) is 7.36. The lowest BCUT2D eigenvalue weighted by Gasteiger charge is -2.33. The number of rotatable bonds is 4. The Kier molecular flexibility index (Phi) is 3.09. The first kappa shape index (κ1) is 9.52. The van der Waals surface area contributed by atoms with Crippen molar-refractivity contribution >= 4 is 5.97 Å². The van der Waals surface area contributed by atoms with E-state index in [0.717, 1.165) is 12.8 Å². The van der Waals surface area contributed by atoms with Gasteiger partial charge in [0.2, 0.25) is 0 Å². The van der Waals surface area contributed by atoms with Crippen molar-refractivity contribution in [3.05, 3.63) is 0 Å². The summed E-state index contributed by atoms with van der Waals surface area (Å²) in [6.07, 6.45) is 2.98. The van der Waals surface area contributed by atoms with Crippen molar-refractivity contribution in [2.75, 3.05) is 0 Å². The van der Waals surface area contributed by atoms with Crippen LogP contribution in [0.25, 0.3) is 0 Å². The largest absolute Gasteiger partial charge is 0.481 e. The molecular weight excluding hydrogens is 156 g/mol. The molecule has 0 radical (unpaired) electrons. The van der Waals surface area contributed by atoms with E-state index in [4.69, 9.17) is 5.11 Å². The van der Waals surface area contributed by atoms with Crippen molar-refractivity contribution in [1.29, 1.82) is 0 Å². The quantitative estimate of drug-likeness (QED) is 0.671. The molecule has 0 saturated heterocycles. The molecule has 0 spiro atoms. The Morgan fingerprint density at radius 1 is 1.58 bits per heavy atom. The summed E-state index contributed by atoms with van der Waals surface area (Å²) in [6.45, 7) is 1.80. The van der Waals surface area contributed by atoms with Crippen LogP contribution in [-0.4, -0.2) is 22.3 Å². The topological polar surface area (TPSA) is 57.5 Å². The summed E-state index contributed by atoms with van der Waals surface area (Å²) in [4.78, 5) is 10.3. The molecular formula is C9H16O3. The highest BCUT2D eigenvalue weighted by Crippen LogP contribution is 2.33. The number of hydrogen-bond acceptors (Lipinski definition) is 2. The Labute approximate surface area is 72.4 Å². The van der Waals surface area contributed by atoms with Gasteiger partial charge in [0.25, 0.3) is 0 Å². The smallest absolute Gasteiger partial charge is 0.303 e. The van der Waals surface area contributed by atoms with Crippen LogP contribution in [0.5, 0.6) is 0 Å². The van der Waals surface area contributed by atoms with E-state index in [2.05, 4.69) is 0 Å². The highest BCUT2D eigenvalue weighted by Gasteiger charge is 2.30. The van der Waals surface area contributed by atoms with Crippen LogP contribution < -0.4 is 0 Å². The summed E-state index contributed by atoms with van der Waals surface area (Å²) in [5.74, 6) is -0.562. The Bertz CT molecular complexity index is 163. The second-order valence-corrected chi connectivity index (χ2v) is 3.76. The number of carboxylic acid groups (broad SMARTS) is 1. The van der Waals surface area contributed by atoms with Gasteiger partial charge in [0, 0.05) is 0 Å². The lowest BCUT2D eigenvalue weighted by Crippen LogP contribution is -2.33. The second kappa shape index (κ2) is 3.90. The van der Waals surface area contributed by atoms with Gasteiger partial charge in [-0.1, -0.05) is 13.3 Å². The normalized spacial score (nSPS) is 22.8. The fraction of sp³-hybridized carbons (Fsp3) is 0.889. The second-order valence-electron chi connectivity index (χ2n) is 3.76. The predicted octanol–water partition coefficient (Wildman–Crippen LogP) is 1.26. The minimum absolute atomic E-state index is 0.0810. The summed E-state index contributed by atoms with van der Waals surface area (Å²) >= 11 is 0. The van der Waals surface area contributed by atoms with Gasteiger partial charge in [0.1, 0.15) is 0 Å². The van der Waals surface area contributed by atoms with Crippen LogP contribution in [0.4, 0.5) is 0 Å². The number of aliphatic carboxylic acids is 1. The average Bonchev–Trinajstić information content (AvgIpc) is 1.81. The van der Waals surface area contributed by atoms with Crippen molar-refractivity contribution < 1.29 is 15.0 Å². The van der Waals surface area contributed by atoms with Crippen LogP contribution >= 0.6 is 0 Å². The average molecular weight is 172 g/mol. The van der Waals surface area contributed by atoms with Crippen molar-refractivity contribution in [3.63, 3.8) is 0 Å². The predicted molar refractivity (Wildman–Crippen MR) is 44.8 cm³/mol. The van der Waals surface area contributed by atoms with Crippen LogP contribution in [0.15, 0.2) is 0 Å². The van der Waals surface area contributed by atoms with Gasteiger partial charge < -0.3 is 10.2 Å². The molecule has 1 aliphatic rings. The fourth-order valence-corrected chi connectivity index (χ4v) is 1.64. The molecule has 1 saturated carbocycles. The molecule has 2 atom stereocenters. The summed E-state index contributed by atoms with van der Waals surface area (Å²) < 4.78 is 0. The van der Waals surface area contributed by atoms with Gasteiger partial charge in [-0.2, -0.15) is 0 Å². The van der Waals surface area contributed by atoms with E-state index in [1.807, 2.05) is 0 Å². The maximum absolute atomic E-state index is 10.3. The summed E-state index contributed by atoms with van der Waals surface area (Å²) in [5, 5.41) is 18.1. The third-order valence-electron chi connectivity index (χ3n) is 2.71. The molecule has 0 aliphatic heterocycles. The number of carbonyl (C=O) groups is 1. The van der Waals surface area contributed by atoms with E-state index in [0.29, 0.717) is 5.92 Å². The maximum Gasteiger partial charge on any atom is 0.303 e. The molecule has 0 amide bonds. The van der Waals surface area contributed by atoms with E-state index in [1.165, 1.54) is 6.42 Å². The molecule has 1 fully saturated rings. The van der Waals surface area contributed by atoms with Crippen LogP contribution in [0.2, 0.25) is 0 Å². The highest BCUT2D eigenvalue weighted by molar-refractivity contribution is 5.67. The molecule has 1 aliphatic carbocycles. The van der Waals surface area contributed by atoms with Crippen LogP contribution in [-0.2, 0) is 4.79 Å². The van der Waals surface area contributed by atoms with Crippen LogP contribution in [0.1, 0.15) is 32.6 Å². The van der Waals surface area contributed by atoms with Gasteiger partial charge in [0.05, 0.1) is 12.5 Å². The molecule has 0 aromatic carbocycles. The molecule has 2 N–H and O–H groups in total. The van der Waals surface area contributed by atoms with Crippen LogP contribution in [0, 0.1) is 11.8 Å². The van der Waals surface area contributed by atoms with Gasteiger partial charge in [-0.25, -0.2) is 0 Å². The van der Waals surface area contributed by atoms with Crippen molar-refractivity contribution in [1.82, 2.24) is 0 Å². The molecule has 3 nitrogen and oxygen atoms in total. The van der Waals surface area contributed by atoms with E-state index in [-0.39, 0.29) is 12.3 Å². The molecule has 1 rings (SSSR count). The Morgan fingerprint density at radius 2 is 2.17 bits per heavy atom. The maximum atomic E-state index is 10.3. The zero-order chi connectivity index (χ0) is 9.14. The molecule has 0 bridgehead atoms. The Balaban J connectivity index is 2.29. The third-order valence-corrected chi connectivity index (χ3v) is 2.71. The molecule has 0 heterocycles. The number of aliphatic hydroxyl groups excluding tert-OH is 1. The Hall–Kier alpha value is -0.570. The van der Waals surface area contributed by atoms with E-state index < -0.39 is 12.1 Å². The van der Waals surface area contributed by atoms with Gasteiger partial charge in [-0.15, -0.1) is 0 Å². The van der Waals surface area contributed by atoms with Crippen molar-refractivity contribution in [2.45, 2.75) is 38.7 Å². The number of hydrogen-bond donors (Lipinski definition) is 2. The van der Waals surface area contributed by atoms with Crippen molar-refractivity contribution in [2.24, 2.45) is 11.8 Å². The summed E-state index contributed by atoms with van der Waals surface area (Å²) in [5.41, 5.74) is 0. The highest BCUT2D eigenvalue weighted by atomic mass is 16.4.